The van der Waals surface area contributed by atoms with E-state index in [1.807, 2.05) is 51.1 Å². The predicted molar refractivity (Wildman–Crippen MR) is 127 cm³/mol. The summed E-state index contributed by atoms with van der Waals surface area (Å²) >= 11 is 0. The van der Waals surface area contributed by atoms with Gasteiger partial charge >= 0.3 is 6.03 Å². The number of nitrogens with one attached hydrogen (secondary N) is 3. The number of nitrogens with zero attached hydrogens (tertiary/aromatic N) is 3. The van der Waals surface area contributed by atoms with Gasteiger partial charge in [0.25, 0.3) is 0 Å². The lowest BCUT2D eigenvalue weighted by Crippen LogP contribution is -2.41. The summed E-state index contributed by atoms with van der Waals surface area (Å²) < 4.78 is 11.3. The molecule has 0 unspecified atom stereocenters. The molecule has 0 spiro atoms. The first kappa shape index (κ1) is 23.3. The van der Waals surface area contributed by atoms with Crippen LogP contribution in [0.1, 0.15) is 25.0 Å². The molecule has 1 fully saturated rings. The van der Waals surface area contributed by atoms with Gasteiger partial charge in [-0.2, -0.15) is 10.1 Å². The second-order valence-corrected chi connectivity index (χ2v) is 7.84. The summed E-state index contributed by atoms with van der Waals surface area (Å²) in [6.45, 7) is 9.50. The van der Waals surface area contributed by atoms with Crippen molar-refractivity contribution in [2.45, 2.75) is 26.8 Å². The largest absolute Gasteiger partial charge is 0.476 e. The zero-order valence-corrected chi connectivity index (χ0v) is 18.9. The summed E-state index contributed by atoms with van der Waals surface area (Å²) in [5, 5.41) is 9.87. The molecule has 172 valence electrons. The number of carbonyl (C=O) groups is 1. The predicted octanol–water partition coefficient (Wildman–Crippen LogP) is 2.76. The number of amides is 2. The van der Waals surface area contributed by atoms with Crippen LogP contribution in [0.15, 0.2) is 41.5 Å². The maximum Gasteiger partial charge on any atom is 0.315 e. The van der Waals surface area contributed by atoms with Gasteiger partial charge in [0, 0.05) is 37.0 Å². The molecule has 9 nitrogen and oxygen atoms in total. The van der Waals surface area contributed by atoms with Crippen molar-refractivity contribution >= 4 is 23.8 Å². The van der Waals surface area contributed by atoms with Crippen LogP contribution in [-0.4, -0.2) is 62.7 Å². The normalized spacial score (nSPS) is 13.9. The number of aromatic nitrogens is 1. The first-order valence-electron chi connectivity index (χ1n) is 10.9. The van der Waals surface area contributed by atoms with Crippen molar-refractivity contribution in [3.05, 3.63) is 47.5 Å². The van der Waals surface area contributed by atoms with E-state index in [0.29, 0.717) is 38.1 Å². The summed E-state index contributed by atoms with van der Waals surface area (Å²) in [5.41, 5.74) is 6.16. The third-order valence-corrected chi connectivity index (χ3v) is 4.66. The van der Waals surface area contributed by atoms with Crippen molar-refractivity contribution in [3.8, 4) is 5.88 Å². The van der Waals surface area contributed by atoms with Crippen LogP contribution >= 0.6 is 0 Å². The number of morpholine rings is 1. The van der Waals surface area contributed by atoms with Crippen molar-refractivity contribution in [1.82, 2.24) is 15.6 Å². The highest BCUT2D eigenvalue weighted by atomic mass is 16.5. The van der Waals surface area contributed by atoms with Crippen LogP contribution in [0, 0.1) is 6.92 Å². The van der Waals surface area contributed by atoms with Gasteiger partial charge in [0.2, 0.25) is 5.88 Å². The standard InChI is InChI=1S/C23H32N6O3/c1-17(2)26-23(30)24-7-10-32-22-15-20(29-8-11-31-12-9-29)14-21(27-22)28-25-16-19-6-4-5-18(3)13-19/h4-6,13-17H,7-12H2,1-3H3,(H,27,28)(H2,24,26,30)/b25-16+. The third-order valence-electron chi connectivity index (χ3n) is 4.66. The van der Waals surface area contributed by atoms with Crippen LogP contribution in [-0.2, 0) is 4.74 Å². The summed E-state index contributed by atoms with van der Waals surface area (Å²) in [6.07, 6.45) is 1.76. The van der Waals surface area contributed by atoms with Crippen molar-refractivity contribution in [1.29, 1.82) is 0 Å². The molecule has 1 saturated heterocycles. The molecule has 0 atom stereocenters. The number of ether oxygens (including phenoxy) is 2. The Morgan fingerprint density at radius 1 is 1.28 bits per heavy atom. The lowest BCUT2D eigenvalue weighted by molar-refractivity contribution is 0.122. The maximum atomic E-state index is 11.7. The second-order valence-electron chi connectivity index (χ2n) is 7.84. The summed E-state index contributed by atoms with van der Waals surface area (Å²) in [4.78, 5) is 18.4. The molecular weight excluding hydrogens is 408 g/mol. The van der Waals surface area contributed by atoms with Gasteiger partial charge in [0.15, 0.2) is 5.82 Å². The number of rotatable bonds is 9. The van der Waals surface area contributed by atoms with E-state index in [0.717, 1.165) is 24.3 Å². The monoisotopic (exact) mass is 440 g/mol. The number of hydrogen-bond donors (Lipinski definition) is 3. The third kappa shape index (κ3) is 7.73. The molecule has 3 N–H and O–H groups in total. The van der Waals surface area contributed by atoms with Gasteiger partial charge in [-0.05, 0) is 26.3 Å². The SMILES string of the molecule is Cc1cccc(/C=N/Nc2cc(N3CCOCC3)cc(OCCNC(=O)NC(C)C)n2)c1. The molecular formula is C23H32N6O3. The quantitative estimate of drug-likeness (QED) is 0.315. The van der Waals surface area contributed by atoms with Crippen molar-refractivity contribution in [3.63, 3.8) is 0 Å². The zero-order valence-electron chi connectivity index (χ0n) is 18.9. The molecule has 0 aliphatic carbocycles. The van der Waals surface area contributed by atoms with Gasteiger partial charge in [-0.25, -0.2) is 4.79 Å². The molecule has 0 saturated carbocycles. The first-order chi connectivity index (χ1) is 15.5. The highest BCUT2D eigenvalue weighted by molar-refractivity contribution is 5.80. The Morgan fingerprint density at radius 2 is 2.09 bits per heavy atom. The van der Waals surface area contributed by atoms with Gasteiger partial charge in [-0.15, -0.1) is 0 Å². The van der Waals surface area contributed by atoms with Crippen LogP contribution in [0.5, 0.6) is 5.88 Å². The van der Waals surface area contributed by atoms with E-state index in [-0.39, 0.29) is 12.1 Å². The van der Waals surface area contributed by atoms with E-state index in [4.69, 9.17) is 9.47 Å². The minimum Gasteiger partial charge on any atom is -0.476 e. The molecule has 0 bridgehead atoms. The lowest BCUT2D eigenvalue weighted by atomic mass is 10.2. The number of carbonyl (C=O) groups excluding carboxylic acids is 1. The van der Waals surface area contributed by atoms with Crippen LogP contribution in [0.3, 0.4) is 0 Å². The van der Waals surface area contributed by atoms with Gasteiger partial charge in [0.05, 0.1) is 26.0 Å². The Kier molecular flexibility index (Phi) is 8.68. The Balaban J connectivity index is 1.64. The van der Waals surface area contributed by atoms with Crippen molar-refractivity contribution < 1.29 is 14.3 Å². The minimum atomic E-state index is -0.216. The van der Waals surface area contributed by atoms with E-state index in [1.165, 1.54) is 5.56 Å². The molecule has 3 rings (SSSR count). The average Bonchev–Trinajstić information content (AvgIpc) is 2.77. The fraction of sp³-hybridized carbons (Fsp3) is 0.435. The van der Waals surface area contributed by atoms with E-state index < -0.39 is 0 Å². The molecule has 2 heterocycles. The van der Waals surface area contributed by atoms with Gasteiger partial charge in [-0.3, -0.25) is 5.43 Å². The van der Waals surface area contributed by atoms with E-state index >= 15 is 0 Å². The molecule has 32 heavy (non-hydrogen) atoms. The Hall–Kier alpha value is -3.33. The molecule has 9 heteroatoms. The van der Waals surface area contributed by atoms with E-state index in [9.17, 15) is 4.79 Å². The number of hydrogen-bond acceptors (Lipinski definition) is 7. The Bertz CT molecular complexity index is 912. The van der Waals surface area contributed by atoms with Crippen LogP contribution < -0.4 is 25.7 Å². The summed E-state index contributed by atoms with van der Waals surface area (Å²) in [5.74, 6) is 1.05. The fourth-order valence-corrected chi connectivity index (χ4v) is 3.18. The topological polar surface area (TPSA) is 100 Å². The maximum absolute atomic E-state index is 11.7. The van der Waals surface area contributed by atoms with E-state index in [2.05, 4.69) is 37.1 Å². The Morgan fingerprint density at radius 3 is 2.84 bits per heavy atom. The second kappa shape index (κ2) is 11.9. The van der Waals surface area contributed by atoms with Crippen molar-refractivity contribution in [2.75, 3.05) is 49.8 Å². The number of pyridine rings is 1. The smallest absolute Gasteiger partial charge is 0.315 e. The highest BCUT2D eigenvalue weighted by Crippen LogP contribution is 2.24. The number of benzene rings is 1. The molecule has 1 aliphatic heterocycles. The van der Waals surface area contributed by atoms with Crippen LogP contribution in [0.25, 0.3) is 0 Å². The summed E-state index contributed by atoms with van der Waals surface area (Å²) in [6, 6.07) is 11.8. The number of hydrazone groups is 1. The van der Waals surface area contributed by atoms with E-state index in [1.54, 1.807) is 6.21 Å². The summed E-state index contributed by atoms with van der Waals surface area (Å²) in [7, 11) is 0. The highest BCUT2D eigenvalue weighted by Gasteiger charge is 2.14. The first-order valence-corrected chi connectivity index (χ1v) is 10.9. The van der Waals surface area contributed by atoms with Crippen LogP contribution in [0.4, 0.5) is 16.3 Å². The number of urea groups is 1. The van der Waals surface area contributed by atoms with Gasteiger partial charge in [0.1, 0.15) is 6.61 Å². The van der Waals surface area contributed by atoms with Gasteiger partial charge < -0.3 is 25.0 Å². The average molecular weight is 441 g/mol. The molecule has 1 aromatic carbocycles. The van der Waals surface area contributed by atoms with Crippen molar-refractivity contribution in [2.24, 2.45) is 5.10 Å². The lowest BCUT2D eigenvalue weighted by Gasteiger charge is -2.29. The number of aryl methyl sites for hydroxylation is 1. The zero-order chi connectivity index (χ0) is 22.8. The fourth-order valence-electron chi connectivity index (χ4n) is 3.18. The molecule has 1 aliphatic rings. The molecule has 2 amide bonds. The molecule has 0 radical (unpaired) electrons. The van der Waals surface area contributed by atoms with Crippen LogP contribution in [0.2, 0.25) is 0 Å². The molecule has 1 aromatic heterocycles. The molecule has 2 aromatic rings. The Labute approximate surface area is 189 Å². The number of anilines is 2. The minimum absolute atomic E-state index is 0.0803. The van der Waals surface area contributed by atoms with Gasteiger partial charge in [-0.1, -0.05) is 29.8 Å².